The summed E-state index contributed by atoms with van der Waals surface area (Å²) in [5.41, 5.74) is 5.00. The molecule has 1 heteroatoms. The molecule has 0 saturated carbocycles. The Hall–Kier alpha value is 0.363. The second-order valence-electron chi connectivity index (χ2n) is 3.85. The van der Waals surface area contributed by atoms with Crippen molar-refractivity contribution in [2.45, 2.75) is 39.5 Å². The molecule has 1 unspecified atom stereocenters. The topological polar surface area (TPSA) is 0 Å². The average Bonchev–Trinajstić information content (AvgIpc) is 2.30. The molecule has 0 fully saturated rings. The van der Waals surface area contributed by atoms with E-state index >= 15 is 0 Å². The largest absolute Gasteiger partial charge is 2.00 e. The van der Waals surface area contributed by atoms with Crippen LogP contribution in [0.2, 0.25) is 0 Å². The van der Waals surface area contributed by atoms with Crippen molar-refractivity contribution < 1.29 is 26.2 Å². The normalized spacial score (nSPS) is 23.9. The minimum Gasteiger partial charge on any atom is -0.358 e. The van der Waals surface area contributed by atoms with Crippen molar-refractivity contribution in [2.24, 2.45) is 5.92 Å². The van der Waals surface area contributed by atoms with Gasteiger partial charge >= 0.3 is 26.2 Å². The van der Waals surface area contributed by atoms with Crippen molar-refractivity contribution in [3.63, 3.8) is 0 Å². The van der Waals surface area contributed by atoms with Gasteiger partial charge in [0.25, 0.3) is 0 Å². The fraction of sp³-hybridized carbons (Fsp3) is 0.538. The van der Waals surface area contributed by atoms with Crippen LogP contribution >= 0.6 is 0 Å². The van der Waals surface area contributed by atoms with Crippen LogP contribution in [0.3, 0.4) is 0 Å². The molecule has 0 saturated heterocycles. The molecule has 2 aliphatic carbocycles. The summed E-state index contributed by atoms with van der Waals surface area (Å²) in [7, 11) is 0. The summed E-state index contributed by atoms with van der Waals surface area (Å²) in [6, 6.07) is 0. The van der Waals surface area contributed by atoms with Gasteiger partial charge in [0, 0.05) is 0 Å². The summed E-state index contributed by atoms with van der Waals surface area (Å²) < 4.78 is 0. The predicted octanol–water partition coefficient (Wildman–Crippen LogP) is 4.35. The SMILES string of the molecule is CC1=CC(C)C2=C1CCCC2.[CH3-].[CH3-].[Zr+2]. The van der Waals surface area contributed by atoms with Crippen molar-refractivity contribution in [3.05, 3.63) is 37.6 Å². The van der Waals surface area contributed by atoms with Crippen LogP contribution in [0.5, 0.6) is 0 Å². The van der Waals surface area contributed by atoms with Crippen LogP contribution in [0.4, 0.5) is 0 Å². The molecule has 0 amide bonds. The maximum Gasteiger partial charge on any atom is 2.00 e. The zero-order valence-corrected chi connectivity index (χ0v) is 12.4. The van der Waals surface area contributed by atoms with Crippen LogP contribution in [0.15, 0.2) is 22.8 Å². The average molecular weight is 270 g/mol. The molecule has 0 aromatic heterocycles. The van der Waals surface area contributed by atoms with Crippen molar-refractivity contribution >= 4 is 0 Å². The van der Waals surface area contributed by atoms with Gasteiger partial charge in [-0.15, -0.1) is 0 Å². The fourth-order valence-corrected chi connectivity index (χ4v) is 2.46. The first-order valence-corrected chi connectivity index (χ1v) is 4.70. The summed E-state index contributed by atoms with van der Waals surface area (Å²) in [5.74, 6) is 0.755. The first kappa shape index (κ1) is 16.8. The Kier molecular flexibility index (Phi) is 8.12. The Morgan fingerprint density at radius 1 is 1.14 bits per heavy atom. The second-order valence-corrected chi connectivity index (χ2v) is 3.85. The molecule has 14 heavy (non-hydrogen) atoms. The molecule has 0 spiro atoms. The van der Waals surface area contributed by atoms with Gasteiger partial charge in [0.2, 0.25) is 0 Å². The van der Waals surface area contributed by atoms with Crippen LogP contribution in [0.25, 0.3) is 0 Å². The van der Waals surface area contributed by atoms with Gasteiger partial charge in [0.15, 0.2) is 0 Å². The first-order valence-electron chi connectivity index (χ1n) is 4.70. The van der Waals surface area contributed by atoms with Crippen LogP contribution in [0, 0.1) is 20.8 Å². The van der Waals surface area contributed by atoms with E-state index in [-0.39, 0.29) is 41.1 Å². The monoisotopic (exact) mass is 268 g/mol. The van der Waals surface area contributed by atoms with Gasteiger partial charge in [-0.2, -0.15) is 0 Å². The third kappa shape index (κ3) is 2.92. The number of hydrogen-bond donors (Lipinski definition) is 0. The molecule has 0 aliphatic heterocycles. The fourth-order valence-electron chi connectivity index (χ4n) is 2.46. The Bertz CT molecular complexity index is 236. The van der Waals surface area contributed by atoms with E-state index < -0.39 is 0 Å². The molecular weight excluding hydrogens is 247 g/mol. The molecule has 0 nitrogen and oxygen atoms in total. The molecule has 1 atom stereocenters. The zero-order valence-electron chi connectivity index (χ0n) is 9.98. The van der Waals surface area contributed by atoms with Gasteiger partial charge < -0.3 is 14.9 Å². The van der Waals surface area contributed by atoms with E-state index in [4.69, 9.17) is 0 Å². The molecule has 78 valence electrons. The zero-order chi connectivity index (χ0) is 7.84. The van der Waals surface area contributed by atoms with Gasteiger partial charge in [-0.3, -0.25) is 0 Å². The van der Waals surface area contributed by atoms with Crippen LogP contribution < -0.4 is 0 Å². The molecule has 0 bridgehead atoms. The summed E-state index contributed by atoms with van der Waals surface area (Å²) >= 11 is 0. The smallest absolute Gasteiger partial charge is 0.358 e. The van der Waals surface area contributed by atoms with E-state index in [9.17, 15) is 0 Å². The summed E-state index contributed by atoms with van der Waals surface area (Å²) in [5, 5.41) is 0. The van der Waals surface area contributed by atoms with Crippen LogP contribution in [-0.2, 0) is 26.2 Å². The van der Waals surface area contributed by atoms with Gasteiger partial charge in [-0.1, -0.05) is 24.1 Å². The number of allylic oxidation sites excluding steroid dienone is 4. The van der Waals surface area contributed by atoms with Crippen LogP contribution in [-0.4, -0.2) is 0 Å². The van der Waals surface area contributed by atoms with E-state index in [1.165, 1.54) is 25.7 Å². The van der Waals surface area contributed by atoms with Gasteiger partial charge in [-0.05, 0) is 44.1 Å². The molecule has 0 radical (unpaired) electrons. The molecule has 2 rings (SSSR count). The molecule has 2 aliphatic rings. The standard InChI is InChI=1S/C11H16.2CH3.Zr/c1-8-7-9(2)11-6-4-3-5-10(8)11;;;/h7-8H,3-6H2,1-2H3;2*1H3;/q;2*-1;+2. The summed E-state index contributed by atoms with van der Waals surface area (Å²) in [6.07, 6.45) is 7.98. The number of hydrogen-bond acceptors (Lipinski definition) is 0. The van der Waals surface area contributed by atoms with Crippen molar-refractivity contribution in [1.29, 1.82) is 0 Å². The molecule has 0 heterocycles. The first-order chi connectivity index (χ1) is 5.29. The van der Waals surface area contributed by atoms with E-state index in [1.54, 1.807) is 16.7 Å². The van der Waals surface area contributed by atoms with Gasteiger partial charge in [-0.25, -0.2) is 0 Å². The third-order valence-corrected chi connectivity index (χ3v) is 3.04. The van der Waals surface area contributed by atoms with Crippen molar-refractivity contribution in [1.82, 2.24) is 0 Å². The van der Waals surface area contributed by atoms with Crippen molar-refractivity contribution in [2.75, 3.05) is 0 Å². The Morgan fingerprint density at radius 2 is 1.71 bits per heavy atom. The predicted molar refractivity (Wildman–Crippen MR) is 61.2 cm³/mol. The second kappa shape index (κ2) is 6.77. The summed E-state index contributed by atoms with van der Waals surface area (Å²) in [4.78, 5) is 0. The van der Waals surface area contributed by atoms with Crippen LogP contribution in [0.1, 0.15) is 39.5 Å². The Labute approximate surface area is 109 Å². The van der Waals surface area contributed by atoms with Gasteiger partial charge in [0.05, 0.1) is 0 Å². The molecular formula is C13H22Zr. The summed E-state index contributed by atoms with van der Waals surface area (Å²) in [6.45, 7) is 4.60. The molecule has 0 aromatic carbocycles. The maximum absolute atomic E-state index is 2.43. The quantitative estimate of drug-likeness (QED) is 0.574. The number of rotatable bonds is 0. The maximum atomic E-state index is 2.43. The van der Waals surface area contributed by atoms with Crippen molar-refractivity contribution in [3.8, 4) is 0 Å². The Balaban J connectivity index is 0. The Morgan fingerprint density at radius 3 is 2.29 bits per heavy atom. The van der Waals surface area contributed by atoms with E-state index in [0.717, 1.165) is 5.92 Å². The molecule has 0 N–H and O–H groups in total. The van der Waals surface area contributed by atoms with Gasteiger partial charge in [0.1, 0.15) is 0 Å². The minimum atomic E-state index is 0. The minimum absolute atomic E-state index is 0. The van der Waals surface area contributed by atoms with E-state index in [1.807, 2.05) is 0 Å². The van der Waals surface area contributed by atoms with E-state index in [2.05, 4.69) is 19.9 Å². The van der Waals surface area contributed by atoms with E-state index in [0.29, 0.717) is 0 Å². The third-order valence-electron chi connectivity index (χ3n) is 3.04. The molecule has 0 aromatic rings.